The first-order chi connectivity index (χ1) is 21.0. The summed E-state index contributed by atoms with van der Waals surface area (Å²) in [6.45, 7) is 6.14. The van der Waals surface area contributed by atoms with Crippen LogP contribution in [0.5, 0.6) is 0 Å². The van der Waals surface area contributed by atoms with Crippen LogP contribution in [-0.4, -0.2) is 45.7 Å². The van der Waals surface area contributed by atoms with Gasteiger partial charge in [-0.15, -0.1) is 11.3 Å². The van der Waals surface area contributed by atoms with Crippen molar-refractivity contribution >= 4 is 33.9 Å². The number of nitrogens with one attached hydrogen (secondary N) is 2. The minimum atomic E-state index is -0.148. The Morgan fingerprint density at radius 2 is 1.77 bits per heavy atom. The predicted molar refractivity (Wildman–Crippen MR) is 172 cm³/mol. The van der Waals surface area contributed by atoms with Crippen LogP contribution in [0.3, 0.4) is 0 Å². The summed E-state index contributed by atoms with van der Waals surface area (Å²) in [6.07, 6.45) is 5.01. The number of fused-ring (bicyclic) bond motifs is 1. The first kappa shape index (κ1) is 28.5. The number of allylic oxidation sites excluding steroid dienone is 1. The molecule has 8 heteroatoms. The van der Waals surface area contributed by atoms with Crippen molar-refractivity contribution in [3.8, 4) is 22.4 Å². The van der Waals surface area contributed by atoms with Gasteiger partial charge in [-0.25, -0.2) is 4.98 Å². The number of carbonyl (C=O) groups is 2. The smallest absolute Gasteiger partial charge is 0.261 e. The molecule has 1 saturated heterocycles. The molecule has 0 spiro atoms. The molecule has 1 amide bonds. The highest BCUT2D eigenvalue weighted by atomic mass is 32.1. The van der Waals surface area contributed by atoms with E-state index in [0.717, 1.165) is 59.7 Å². The molecule has 0 unspecified atom stereocenters. The van der Waals surface area contributed by atoms with Gasteiger partial charge in [-0.1, -0.05) is 61.2 Å². The summed E-state index contributed by atoms with van der Waals surface area (Å²) in [4.78, 5) is 48.5. The number of aromatic nitrogens is 2. The zero-order chi connectivity index (χ0) is 29.8. The molecule has 4 heterocycles. The fourth-order valence-electron chi connectivity index (χ4n) is 5.53. The Kier molecular flexibility index (Phi) is 8.40. The summed E-state index contributed by atoms with van der Waals surface area (Å²) in [7, 11) is 0. The van der Waals surface area contributed by atoms with E-state index < -0.39 is 0 Å². The Labute approximate surface area is 253 Å². The number of ketones is 1. The van der Waals surface area contributed by atoms with Crippen LogP contribution in [0.25, 0.3) is 33.3 Å². The molecule has 0 radical (unpaired) electrons. The molecular formula is C35H32N4O3S. The third-order valence-corrected chi connectivity index (χ3v) is 8.94. The van der Waals surface area contributed by atoms with E-state index in [1.807, 2.05) is 48.5 Å². The monoisotopic (exact) mass is 588 g/mol. The summed E-state index contributed by atoms with van der Waals surface area (Å²) in [5.41, 5.74) is 5.51. The van der Waals surface area contributed by atoms with Gasteiger partial charge in [0.25, 0.3) is 11.5 Å². The maximum atomic E-state index is 12.8. The van der Waals surface area contributed by atoms with Crippen LogP contribution in [0.2, 0.25) is 0 Å². The first-order valence-electron chi connectivity index (χ1n) is 14.4. The Morgan fingerprint density at radius 1 is 1.00 bits per heavy atom. The van der Waals surface area contributed by atoms with E-state index in [4.69, 9.17) is 4.98 Å². The lowest BCUT2D eigenvalue weighted by Crippen LogP contribution is -2.44. The second-order valence-electron chi connectivity index (χ2n) is 10.8. The Balaban J connectivity index is 1.10. The first-order valence-corrected chi connectivity index (χ1v) is 15.2. The van der Waals surface area contributed by atoms with Crippen LogP contribution >= 0.6 is 11.3 Å². The zero-order valence-corrected chi connectivity index (χ0v) is 24.5. The number of H-pyrrole nitrogens is 1. The molecule has 7 nitrogen and oxygen atoms in total. The van der Waals surface area contributed by atoms with Crippen molar-refractivity contribution < 1.29 is 9.59 Å². The molecule has 216 valence electrons. The van der Waals surface area contributed by atoms with Crippen molar-refractivity contribution in [2.45, 2.75) is 31.8 Å². The van der Waals surface area contributed by atoms with Crippen molar-refractivity contribution in [3.63, 3.8) is 0 Å². The molecule has 1 aliphatic heterocycles. The van der Waals surface area contributed by atoms with Gasteiger partial charge >= 0.3 is 0 Å². The van der Waals surface area contributed by atoms with Gasteiger partial charge in [0.2, 0.25) is 0 Å². The third-order valence-electron chi connectivity index (χ3n) is 7.85. The Bertz CT molecular complexity index is 1840. The number of carbonyl (C=O) groups excluding carboxylic acids is 2. The molecule has 1 aliphatic rings. The van der Waals surface area contributed by atoms with E-state index >= 15 is 0 Å². The van der Waals surface area contributed by atoms with Gasteiger partial charge in [0.15, 0.2) is 5.78 Å². The van der Waals surface area contributed by atoms with Crippen molar-refractivity contribution in [3.05, 3.63) is 123 Å². The number of piperidine rings is 1. The van der Waals surface area contributed by atoms with E-state index in [9.17, 15) is 14.4 Å². The van der Waals surface area contributed by atoms with E-state index in [0.29, 0.717) is 15.8 Å². The topological polar surface area (TPSA) is 95.2 Å². The van der Waals surface area contributed by atoms with Crippen LogP contribution in [0, 0.1) is 0 Å². The number of likely N-dealkylation sites (tertiary alicyclic amines) is 1. The van der Waals surface area contributed by atoms with E-state index in [1.54, 1.807) is 12.3 Å². The molecular weight excluding hydrogens is 556 g/mol. The fourth-order valence-corrected chi connectivity index (χ4v) is 6.45. The highest BCUT2D eigenvalue weighted by Crippen LogP contribution is 2.33. The van der Waals surface area contributed by atoms with Gasteiger partial charge < -0.3 is 10.3 Å². The summed E-state index contributed by atoms with van der Waals surface area (Å²) >= 11 is 1.36. The molecule has 0 atom stereocenters. The molecule has 5 aromatic rings. The predicted octanol–water partition coefficient (Wildman–Crippen LogP) is 6.01. The number of hydrogen-bond acceptors (Lipinski definition) is 6. The quantitative estimate of drug-likeness (QED) is 0.206. The van der Waals surface area contributed by atoms with Gasteiger partial charge in [-0.05, 0) is 54.3 Å². The number of rotatable bonds is 9. The molecule has 0 saturated carbocycles. The van der Waals surface area contributed by atoms with Crippen molar-refractivity contribution in [2.24, 2.45) is 0 Å². The number of aromatic amines is 1. The summed E-state index contributed by atoms with van der Waals surface area (Å²) < 4.78 is 0. The minimum Gasteiger partial charge on any atom is -0.349 e. The minimum absolute atomic E-state index is 0.0455. The van der Waals surface area contributed by atoms with E-state index in [2.05, 4.69) is 46.0 Å². The van der Waals surface area contributed by atoms with E-state index in [-0.39, 0.29) is 29.7 Å². The SMILES string of the molecule is C=CC(=O)Cc1ccc(C(=O)NC2CCN(Cc3ccc(-c4nc5cc[nH]c(=O)c5cc4-c4ccccc4)cc3)CC2)s1. The number of pyridine rings is 2. The molecule has 2 N–H and O–H groups in total. The van der Waals surface area contributed by atoms with Gasteiger partial charge in [0.1, 0.15) is 0 Å². The van der Waals surface area contributed by atoms with Crippen molar-refractivity contribution in [1.82, 2.24) is 20.2 Å². The molecule has 3 aromatic heterocycles. The van der Waals surface area contributed by atoms with Gasteiger partial charge in [0.05, 0.1) is 21.5 Å². The largest absolute Gasteiger partial charge is 0.349 e. The molecule has 0 bridgehead atoms. The third kappa shape index (κ3) is 6.56. The lowest BCUT2D eigenvalue weighted by atomic mass is 9.97. The number of benzene rings is 2. The van der Waals surface area contributed by atoms with Crippen LogP contribution in [-0.2, 0) is 17.8 Å². The zero-order valence-electron chi connectivity index (χ0n) is 23.7. The van der Waals surface area contributed by atoms with Gasteiger partial charge in [-0.3, -0.25) is 19.3 Å². The number of amides is 1. The lowest BCUT2D eigenvalue weighted by Gasteiger charge is -2.32. The van der Waals surface area contributed by atoms with Crippen molar-refractivity contribution in [2.75, 3.05) is 13.1 Å². The Morgan fingerprint density at radius 3 is 2.51 bits per heavy atom. The second-order valence-corrected chi connectivity index (χ2v) is 12.0. The maximum absolute atomic E-state index is 12.8. The van der Waals surface area contributed by atoms with Crippen LogP contribution < -0.4 is 10.9 Å². The molecule has 6 rings (SSSR count). The number of thiophene rings is 1. The standard InChI is InChI=1S/C35H32N4O3S/c1-2-27(40)20-28-12-13-32(43-28)35(42)37-26-15-18-39(19-16-26)22-23-8-10-25(11-9-23)33-29(24-6-4-3-5-7-24)21-30-31(38-33)14-17-36-34(30)41/h2-14,17,21,26H,1,15-16,18-20,22H2,(H,36,41)(H,37,42). The second kappa shape index (κ2) is 12.7. The fraction of sp³-hybridized carbons (Fsp3) is 0.200. The lowest BCUT2D eigenvalue weighted by molar-refractivity contribution is -0.113. The summed E-state index contributed by atoms with van der Waals surface area (Å²) in [5, 5.41) is 3.74. The molecule has 0 aliphatic carbocycles. The molecule has 43 heavy (non-hydrogen) atoms. The number of hydrogen-bond donors (Lipinski definition) is 2. The van der Waals surface area contributed by atoms with Crippen LogP contribution in [0.15, 0.2) is 103 Å². The molecule has 2 aromatic carbocycles. The summed E-state index contributed by atoms with van der Waals surface area (Å²) in [5.74, 6) is -0.117. The normalized spacial score (nSPS) is 14.0. The highest BCUT2D eigenvalue weighted by molar-refractivity contribution is 7.14. The number of nitrogens with zero attached hydrogens (tertiary/aromatic N) is 2. The van der Waals surface area contributed by atoms with Crippen molar-refractivity contribution in [1.29, 1.82) is 0 Å². The maximum Gasteiger partial charge on any atom is 0.261 e. The van der Waals surface area contributed by atoms with Crippen LogP contribution in [0.4, 0.5) is 0 Å². The van der Waals surface area contributed by atoms with Gasteiger partial charge in [0, 0.05) is 54.3 Å². The van der Waals surface area contributed by atoms with E-state index in [1.165, 1.54) is 23.0 Å². The Hall–Kier alpha value is -4.66. The average molecular weight is 589 g/mol. The molecule has 1 fully saturated rings. The van der Waals surface area contributed by atoms with Gasteiger partial charge in [-0.2, -0.15) is 0 Å². The average Bonchev–Trinajstić information content (AvgIpc) is 3.51. The van der Waals surface area contributed by atoms with Crippen LogP contribution in [0.1, 0.15) is 33.0 Å². The highest BCUT2D eigenvalue weighted by Gasteiger charge is 2.22. The summed E-state index contributed by atoms with van der Waals surface area (Å²) in [6, 6.07) is 26.1.